The Bertz CT molecular complexity index is 432. The van der Waals surface area contributed by atoms with Crippen LogP contribution in [0.3, 0.4) is 0 Å². The van der Waals surface area contributed by atoms with Gasteiger partial charge in [0, 0.05) is 19.7 Å². The maximum atomic E-state index is 10.9. The van der Waals surface area contributed by atoms with Crippen LogP contribution in [0.1, 0.15) is 12.8 Å². The van der Waals surface area contributed by atoms with Crippen molar-refractivity contribution in [2.75, 3.05) is 30.9 Å². The molecule has 1 aliphatic heterocycles. The molecule has 18 heavy (non-hydrogen) atoms. The van der Waals surface area contributed by atoms with Gasteiger partial charge in [0.2, 0.25) is 5.82 Å². The first-order chi connectivity index (χ1) is 8.70. The SMILES string of the molecule is CNc1ccc([N+](=O)[O-])c(NC2CCCOC2)n1. The van der Waals surface area contributed by atoms with Crippen LogP contribution in [0.4, 0.5) is 17.3 Å². The second-order valence-corrected chi connectivity index (χ2v) is 4.13. The quantitative estimate of drug-likeness (QED) is 0.625. The molecule has 1 aliphatic rings. The third-order valence-corrected chi connectivity index (χ3v) is 2.83. The molecule has 7 nitrogen and oxygen atoms in total. The van der Waals surface area contributed by atoms with Crippen molar-refractivity contribution in [1.29, 1.82) is 0 Å². The zero-order chi connectivity index (χ0) is 13.0. The number of nitrogens with zero attached hydrogens (tertiary/aromatic N) is 2. The number of nitrogens with one attached hydrogen (secondary N) is 2. The first-order valence-corrected chi connectivity index (χ1v) is 5.88. The van der Waals surface area contributed by atoms with Crippen molar-refractivity contribution in [2.45, 2.75) is 18.9 Å². The molecule has 0 amide bonds. The molecule has 98 valence electrons. The molecular weight excluding hydrogens is 236 g/mol. The number of nitro groups is 1. The lowest BCUT2D eigenvalue weighted by Gasteiger charge is -2.23. The number of anilines is 2. The fraction of sp³-hybridized carbons (Fsp3) is 0.545. The summed E-state index contributed by atoms with van der Waals surface area (Å²) in [4.78, 5) is 14.7. The summed E-state index contributed by atoms with van der Waals surface area (Å²) in [6.07, 6.45) is 1.89. The van der Waals surface area contributed by atoms with E-state index in [9.17, 15) is 10.1 Å². The van der Waals surface area contributed by atoms with E-state index in [0.29, 0.717) is 18.2 Å². The molecule has 0 bridgehead atoms. The van der Waals surface area contributed by atoms with Gasteiger partial charge in [-0.25, -0.2) is 4.98 Å². The monoisotopic (exact) mass is 252 g/mol. The van der Waals surface area contributed by atoms with E-state index < -0.39 is 4.92 Å². The van der Waals surface area contributed by atoms with Gasteiger partial charge in [0.1, 0.15) is 5.82 Å². The Labute approximate surface area is 105 Å². The number of ether oxygens (including phenoxy) is 1. The summed E-state index contributed by atoms with van der Waals surface area (Å²) >= 11 is 0. The minimum absolute atomic E-state index is 0.0143. The second-order valence-electron chi connectivity index (χ2n) is 4.13. The predicted molar refractivity (Wildman–Crippen MR) is 67.9 cm³/mol. The van der Waals surface area contributed by atoms with Crippen LogP contribution >= 0.6 is 0 Å². The molecule has 0 spiro atoms. The van der Waals surface area contributed by atoms with E-state index in [1.165, 1.54) is 6.07 Å². The summed E-state index contributed by atoms with van der Waals surface area (Å²) in [6, 6.07) is 3.11. The predicted octanol–water partition coefficient (Wildman–Crippen LogP) is 1.62. The van der Waals surface area contributed by atoms with E-state index >= 15 is 0 Å². The van der Waals surface area contributed by atoms with E-state index in [4.69, 9.17) is 4.74 Å². The summed E-state index contributed by atoms with van der Waals surface area (Å²) in [5, 5.41) is 16.9. The van der Waals surface area contributed by atoms with Crippen molar-refractivity contribution < 1.29 is 9.66 Å². The third-order valence-electron chi connectivity index (χ3n) is 2.83. The Balaban J connectivity index is 2.19. The molecule has 0 saturated carbocycles. The van der Waals surface area contributed by atoms with E-state index in [1.807, 2.05) is 0 Å². The fourth-order valence-corrected chi connectivity index (χ4v) is 1.89. The number of aromatic nitrogens is 1. The molecule has 1 fully saturated rings. The fourth-order valence-electron chi connectivity index (χ4n) is 1.89. The second kappa shape index (κ2) is 5.63. The van der Waals surface area contributed by atoms with Gasteiger partial charge in [-0.05, 0) is 18.9 Å². The van der Waals surface area contributed by atoms with E-state index in [1.54, 1.807) is 13.1 Å². The van der Waals surface area contributed by atoms with Crippen LogP contribution in [0, 0.1) is 10.1 Å². The van der Waals surface area contributed by atoms with Crippen molar-refractivity contribution in [2.24, 2.45) is 0 Å². The van der Waals surface area contributed by atoms with Crippen LogP contribution in [0.15, 0.2) is 12.1 Å². The Morgan fingerprint density at radius 3 is 3.00 bits per heavy atom. The summed E-state index contributed by atoms with van der Waals surface area (Å²) < 4.78 is 5.34. The first kappa shape index (κ1) is 12.6. The van der Waals surface area contributed by atoms with Crippen molar-refractivity contribution >= 4 is 17.3 Å². The molecule has 1 atom stereocenters. The molecule has 0 aromatic carbocycles. The van der Waals surface area contributed by atoms with Crippen molar-refractivity contribution in [1.82, 2.24) is 4.98 Å². The minimum Gasteiger partial charge on any atom is -0.379 e. The Morgan fingerprint density at radius 2 is 2.39 bits per heavy atom. The van der Waals surface area contributed by atoms with Crippen LogP contribution in [0.2, 0.25) is 0 Å². The molecule has 1 aromatic heterocycles. The van der Waals surface area contributed by atoms with Crippen LogP contribution in [0.5, 0.6) is 0 Å². The lowest BCUT2D eigenvalue weighted by Crippen LogP contribution is -2.30. The van der Waals surface area contributed by atoms with Gasteiger partial charge in [-0.15, -0.1) is 0 Å². The standard InChI is InChI=1S/C11H16N4O3/c1-12-10-5-4-9(15(16)17)11(14-10)13-8-3-2-6-18-7-8/h4-5,8H,2-3,6-7H2,1H3,(H2,12,13,14). The van der Waals surface area contributed by atoms with Crippen LogP contribution in [-0.2, 0) is 4.74 Å². The normalized spacial score (nSPS) is 19.3. The Morgan fingerprint density at radius 1 is 1.56 bits per heavy atom. The van der Waals surface area contributed by atoms with Gasteiger partial charge in [0.15, 0.2) is 0 Å². The van der Waals surface area contributed by atoms with Crippen molar-refractivity contribution in [3.63, 3.8) is 0 Å². The molecule has 1 saturated heterocycles. The van der Waals surface area contributed by atoms with Crippen LogP contribution < -0.4 is 10.6 Å². The minimum atomic E-state index is -0.432. The smallest absolute Gasteiger partial charge is 0.311 e. The average molecular weight is 252 g/mol. The first-order valence-electron chi connectivity index (χ1n) is 5.88. The van der Waals surface area contributed by atoms with Gasteiger partial charge < -0.3 is 15.4 Å². The molecule has 0 aliphatic carbocycles. The van der Waals surface area contributed by atoms with E-state index in [-0.39, 0.29) is 11.7 Å². The average Bonchev–Trinajstić information content (AvgIpc) is 2.39. The lowest BCUT2D eigenvalue weighted by molar-refractivity contribution is -0.384. The highest BCUT2D eigenvalue weighted by Crippen LogP contribution is 2.25. The molecule has 1 unspecified atom stereocenters. The summed E-state index contributed by atoms with van der Waals surface area (Å²) in [6.45, 7) is 1.31. The van der Waals surface area contributed by atoms with Gasteiger partial charge in [0.05, 0.1) is 17.6 Å². The molecular formula is C11H16N4O3. The van der Waals surface area contributed by atoms with E-state index in [0.717, 1.165) is 19.4 Å². The number of hydrogen-bond donors (Lipinski definition) is 2. The Kier molecular flexibility index (Phi) is 3.93. The molecule has 2 N–H and O–H groups in total. The highest BCUT2D eigenvalue weighted by atomic mass is 16.6. The van der Waals surface area contributed by atoms with Gasteiger partial charge in [0.25, 0.3) is 0 Å². The van der Waals surface area contributed by atoms with Crippen LogP contribution in [-0.4, -0.2) is 36.2 Å². The number of rotatable bonds is 4. The maximum Gasteiger partial charge on any atom is 0.311 e. The zero-order valence-corrected chi connectivity index (χ0v) is 10.2. The van der Waals surface area contributed by atoms with E-state index in [2.05, 4.69) is 15.6 Å². The molecule has 2 heterocycles. The molecule has 7 heteroatoms. The summed E-state index contributed by atoms with van der Waals surface area (Å²) in [5.41, 5.74) is -0.0143. The number of pyridine rings is 1. The van der Waals surface area contributed by atoms with Crippen molar-refractivity contribution in [3.8, 4) is 0 Å². The summed E-state index contributed by atoms with van der Waals surface area (Å²) in [5.74, 6) is 0.891. The highest BCUT2D eigenvalue weighted by molar-refractivity contribution is 5.60. The van der Waals surface area contributed by atoms with Gasteiger partial charge in [-0.2, -0.15) is 0 Å². The molecule has 2 rings (SSSR count). The van der Waals surface area contributed by atoms with Crippen molar-refractivity contribution in [3.05, 3.63) is 22.2 Å². The Hall–Kier alpha value is -1.89. The third kappa shape index (κ3) is 2.86. The number of hydrogen-bond acceptors (Lipinski definition) is 6. The topological polar surface area (TPSA) is 89.3 Å². The van der Waals surface area contributed by atoms with Crippen LogP contribution in [0.25, 0.3) is 0 Å². The lowest BCUT2D eigenvalue weighted by atomic mass is 10.1. The van der Waals surface area contributed by atoms with Gasteiger partial charge >= 0.3 is 5.69 Å². The maximum absolute atomic E-state index is 10.9. The molecule has 1 aromatic rings. The zero-order valence-electron chi connectivity index (χ0n) is 10.2. The molecule has 0 radical (unpaired) electrons. The largest absolute Gasteiger partial charge is 0.379 e. The summed E-state index contributed by atoms with van der Waals surface area (Å²) in [7, 11) is 1.72. The van der Waals surface area contributed by atoms with Gasteiger partial charge in [-0.3, -0.25) is 10.1 Å². The van der Waals surface area contributed by atoms with Gasteiger partial charge in [-0.1, -0.05) is 0 Å². The highest BCUT2D eigenvalue weighted by Gasteiger charge is 2.21.